The normalized spacial score (nSPS) is 20.4. The van der Waals surface area contributed by atoms with E-state index in [9.17, 15) is 0 Å². The first-order chi connectivity index (χ1) is 19.1. The number of hydrogen-bond donors (Lipinski definition) is 2. The molecule has 4 aliphatic rings. The topological polar surface area (TPSA) is 42.5 Å². The Morgan fingerprint density at radius 1 is 0.769 bits per heavy atom. The molecule has 0 radical (unpaired) electrons. The third-order valence-corrected chi connectivity index (χ3v) is 8.89. The number of nitrogens with one attached hydrogen (secondary N) is 2. The van der Waals surface area contributed by atoms with Gasteiger partial charge in [0.2, 0.25) is 0 Å². The van der Waals surface area contributed by atoms with Gasteiger partial charge in [-0.25, -0.2) is 0 Å². The average molecular weight is 513 g/mol. The minimum absolute atomic E-state index is 0.104. The van der Waals surface area contributed by atoms with E-state index < -0.39 is 0 Å². The highest BCUT2D eigenvalue weighted by atomic mass is 16.5. The standard InChI is InChI=1S/C35H32N2O2/c1-4-14-36-25-18-24-28(19-26(25)37-15-5-2)39-30-17-20-10-11-23-22-8-6-7-9-27(22)38-29-16-21-12-13-35(24,3)34(30)32(21)31(20)33(23)29/h6-13,16-19,34,36-37H,4-5,14-15H2,1-3H3. The highest BCUT2D eigenvalue weighted by molar-refractivity contribution is 6.11. The van der Waals surface area contributed by atoms with Crippen LogP contribution < -0.4 is 20.1 Å². The SMILES string of the molecule is CCCNc1cc2c(cc1NCCC)C1(C)C=Cc3cc4c5c(ccc6c5c3C1C(=C6)O2)-c1ccccc1O4. The molecule has 2 aliphatic heterocycles. The molecule has 8 rings (SSSR count). The number of anilines is 2. The van der Waals surface area contributed by atoms with Gasteiger partial charge in [0.25, 0.3) is 0 Å². The van der Waals surface area contributed by atoms with Gasteiger partial charge < -0.3 is 20.1 Å². The van der Waals surface area contributed by atoms with Gasteiger partial charge in [0, 0.05) is 41.1 Å². The van der Waals surface area contributed by atoms with Crippen molar-refractivity contribution in [2.45, 2.75) is 44.9 Å². The number of hydrogen-bond acceptors (Lipinski definition) is 4. The van der Waals surface area contributed by atoms with Gasteiger partial charge >= 0.3 is 0 Å². The summed E-state index contributed by atoms with van der Waals surface area (Å²) in [4.78, 5) is 0. The molecule has 0 saturated heterocycles. The maximum atomic E-state index is 6.81. The van der Waals surface area contributed by atoms with Crippen molar-refractivity contribution in [3.63, 3.8) is 0 Å². The first kappa shape index (κ1) is 22.8. The van der Waals surface area contributed by atoms with Crippen molar-refractivity contribution in [1.82, 2.24) is 0 Å². The molecular formula is C35H32N2O2. The van der Waals surface area contributed by atoms with Crippen molar-refractivity contribution >= 4 is 34.3 Å². The van der Waals surface area contributed by atoms with E-state index in [1.165, 1.54) is 38.6 Å². The minimum Gasteiger partial charge on any atom is -0.461 e. The fourth-order valence-corrected chi connectivity index (χ4v) is 7.06. The maximum absolute atomic E-state index is 6.81. The van der Waals surface area contributed by atoms with Crippen LogP contribution in [-0.4, -0.2) is 13.1 Å². The Balaban J connectivity index is 1.36. The van der Waals surface area contributed by atoms with Crippen molar-refractivity contribution in [1.29, 1.82) is 0 Å². The minimum atomic E-state index is -0.233. The Hall–Kier alpha value is -4.18. The first-order valence-electron chi connectivity index (χ1n) is 14.3. The van der Waals surface area contributed by atoms with Crippen LogP contribution in [0, 0.1) is 0 Å². The molecule has 0 aromatic heterocycles. The van der Waals surface area contributed by atoms with E-state index >= 15 is 0 Å². The molecule has 2 atom stereocenters. The first-order valence-corrected chi connectivity index (χ1v) is 14.3. The van der Waals surface area contributed by atoms with Crippen LogP contribution in [0.5, 0.6) is 17.2 Å². The molecule has 0 fully saturated rings. The van der Waals surface area contributed by atoms with E-state index in [0.717, 1.165) is 65.9 Å². The van der Waals surface area contributed by atoms with Gasteiger partial charge in [0.1, 0.15) is 23.0 Å². The largest absolute Gasteiger partial charge is 0.461 e. The van der Waals surface area contributed by atoms with Gasteiger partial charge in [-0.2, -0.15) is 0 Å². The zero-order chi connectivity index (χ0) is 26.3. The van der Waals surface area contributed by atoms with Crippen LogP contribution in [-0.2, 0) is 5.41 Å². The summed E-state index contributed by atoms with van der Waals surface area (Å²) < 4.78 is 13.3. The molecule has 4 aromatic rings. The quantitative estimate of drug-likeness (QED) is 0.238. The summed E-state index contributed by atoms with van der Waals surface area (Å²) >= 11 is 0. The van der Waals surface area contributed by atoms with Gasteiger partial charge in [0.05, 0.1) is 17.3 Å². The molecule has 0 saturated carbocycles. The maximum Gasteiger partial charge on any atom is 0.136 e. The van der Waals surface area contributed by atoms with Crippen molar-refractivity contribution in [3.8, 4) is 28.4 Å². The molecule has 0 spiro atoms. The second kappa shape index (κ2) is 8.16. The van der Waals surface area contributed by atoms with Crippen LogP contribution in [0.1, 0.15) is 61.8 Å². The fraction of sp³-hybridized carbons (Fsp3) is 0.257. The van der Waals surface area contributed by atoms with Crippen molar-refractivity contribution in [2.24, 2.45) is 0 Å². The Morgan fingerprint density at radius 2 is 1.56 bits per heavy atom. The van der Waals surface area contributed by atoms with Crippen LogP contribution in [0.3, 0.4) is 0 Å². The number of ether oxygens (including phenoxy) is 2. The van der Waals surface area contributed by atoms with Crippen LogP contribution in [0.4, 0.5) is 11.4 Å². The van der Waals surface area contributed by atoms with Crippen LogP contribution in [0.2, 0.25) is 0 Å². The summed E-state index contributed by atoms with van der Waals surface area (Å²) in [7, 11) is 0. The van der Waals surface area contributed by atoms with Gasteiger partial charge in [-0.05, 0) is 64.8 Å². The lowest BCUT2D eigenvalue weighted by molar-refractivity contribution is 0.298. The molecule has 0 amide bonds. The number of rotatable bonds is 6. The summed E-state index contributed by atoms with van der Waals surface area (Å²) in [6.07, 6.45) is 9.12. The Kier molecular flexibility index (Phi) is 4.76. The molecule has 2 aliphatic carbocycles. The predicted molar refractivity (Wildman–Crippen MR) is 161 cm³/mol. The number of benzene rings is 4. The summed E-state index contributed by atoms with van der Waals surface area (Å²) in [5.74, 6) is 3.94. The number of fused-ring (bicyclic) bond motifs is 4. The molecular weight excluding hydrogens is 480 g/mol. The van der Waals surface area contributed by atoms with Gasteiger partial charge in [-0.1, -0.05) is 63.3 Å². The zero-order valence-electron chi connectivity index (χ0n) is 22.7. The molecule has 2 heterocycles. The van der Waals surface area contributed by atoms with Gasteiger partial charge in [-0.3, -0.25) is 0 Å². The summed E-state index contributed by atoms with van der Waals surface area (Å²) in [5.41, 5.74) is 9.45. The summed E-state index contributed by atoms with van der Waals surface area (Å²) in [5, 5.41) is 9.81. The molecule has 4 nitrogen and oxygen atoms in total. The number of allylic oxidation sites excluding steroid dienone is 2. The van der Waals surface area contributed by atoms with Crippen LogP contribution >= 0.6 is 0 Å². The van der Waals surface area contributed by atoms with Crippen molar-refractivity contribution < 1.29 is 9.47 Å². The highest BCUT2D eigenvalue weighted by Gasteiger charge is 2.49. The zero-order valence-corrected chi connectivity index (χ0v) is 22.7. The molecule has 4 aromatic carbocycles. The van der Waals surface area contributed by atoms with E-state index in [1.807, 2.05) is 6.07 Å². The van der Waals surface area contributed by atoms with Crippen LogP contribution in [0.25, 0.3) is 34.1 Å². The van der Waals surface area contributed by atoms with E-state index in [-0.39, 0.29) is 11.3 Å². The van der Waals surface area contributed by atoms with Crippen molar-refractivity contribution in [3.05, 3.63) is 88.7 Å². The smallest absolute Gasteiger partial charge is 0.136 e. The predicted octanol–water partition coefficient (Wildman–Crippen LogP) is 9.07. The Morgan fingerprint density at radius 3 is 2.38 bits per heavy atom. The Bertz CT molecular complexity index is 1760. The van der Waals surface area contributed by atoms with Gasteiger partial charge in [0.15, 0.2) is 0 Å². The fourth-order valence-electron chi connectivity index (χ4n) is 7.06. The second-order valence-electron chi connectivity index (χ2n) is 11.4. The van der Waals surface area contributed by atoms with Gasteiger partial charge in [-0.15, -0.1) is 0 Å². The molecule has 2 N–H and O–H groups in total. The lowest BCUT2D eigenvalue weighted by Crippen LogP contribution is -2.38. The lowest BCUT2D eigenvalue weighted by Gasteiger charge is -2.47. The molecule has 2 unspecified atom stereocenters. The lowest BCUT2D eigenvalue weighted by atomic mass is 9.60. The van der Waals surface area contributed by atoms with E-state index in [1.54, 1.807) is 0 Å². The third-order valence-electron chi connectivity index (χ3n) is 8.89. The molecule has 194 valence electrons. The summed E-state index contributed by atoms with van der Waals surface area (Å²) in [6, 6.07) is 19.6. The molecule has 4 heteroatoms. The Labute approximate surface area is 229 Å². The van der Waals surface area contributed by atoms with Crippen LogP contribution in [0.15, 0.2) is 66.4 Å². The number of para-hydroxylation sites is 1. The highest BCUT2D eigenvalue weighted by Crippen LogP contribution is 2.62. The van der Waals surface area contributed by atoms with E-state index in [2.05, 4.69) is 98.2 Å². The second-order valence-corrected chi connectivity index (χ2v) is 11.4. The summed E-state index contributed by atoms with van der Waals surface area (Å²) in [6.45, 7) is 8.64. The van der Waals surface area contributed by atoms with Crippen molar-refractivity contribution in [2.75, 3.05) is 23.7 Å². The third kappa shape index (κ3) is 3.06. The molecule has 39 heavy (non-hydrogen) atoms. The van der Waals surface area contributed by atoms with E-state index in [0.29, 0.717) is 0 Å². The average Bonchev–Trinajstić information content (AvgIpc) is 2.96. The monoisotopic (exact) mass is 512 g/mol. The van der Waals surface area contributed by atoms with E-state index in [4.69, 9.17) is 9.47 Å². The molecule has 0 bridgehead atoms.